The maximum Gasteiger partial charge on any atom is 0.0292 e. The highest BCUT2D eigenvalue weighted by Crippen LogP contribution is 1.99. The SMILES string of the molecule is C=C/C(=C\N=C)CC.CC. The van der Waals surface area contributed by atoms with Crippen LogP contribution in [0.4, 0.5) is 0 Å². The van der Waals surface area contributed by atoms with Crippen molar-refractivity contribution in [3.63, 3.8) is 0 Å². The van der Waals surface area contributed by atoms with Crippen LogP contribution in [0.25, 0.3) is 0 Å². The quantitative estimate of drug-likeness (QED) is 0.420. The van der Waals surface area contributed by atoms with Gasteiger partial charge in [0.1, 0.15) is 0 Å². The van der Waals surface area contributed by atoms with Gasteiger partial charge in [-0.1, -0.05) is 33.4 Å². The molecule has 0 saturated heterocycles. The van der Waals surface area contributed by atoms with Crippen LogP contribution in [0.2, 0.25) is 0 Å². The van der Waals surface area contributed by atoms with Crippen molar-refractivity contribution in [3.05, 3.63) is 24.4 Å². The first kappa shape index (κ1) is 11.9. The predicted molar refractivity (Wildman–Crippen MR) is 49.5 cm³/mol. The Balaban J connectivity index is 0. The zero-order valence-electron chi connectivity index (χ0n) is 7.22. The van der Waals surface area contributed by atoms with Crippen LogP contribution in [-0.2, 0) is 0 Å². The van der Waals surface area contributed by atoms with Gasteiger partial charge in [0, 0.05) is 6.20 Å². The van der Waals surface area contributed by atoms with Gasteiger partial charge in [-0.2, -0.15) is 0 Å². The maximum atomic E-state index is 3.59. The third-order valence-corrected chi connectivity index (χ3v) is 0.928. The van der Waals surface area contributed by atoms with Crippen LogP contribution in [-0.4, -0.2) is 6.72 Å². The third kappa shape index (κ3) is 7.15. The van der Waals surface area contributed by atoms with Gasteiger partial charge in [0.05, 0.1) is 0 Å². The van der Waals surface area contributed by atoms with Crippen LogP contribution >= 0.6 is 0 Å². The number of allylic oxidation sites excluding steroid dienone is 2. The molecule has 0 aliphatic carbocycles. The lowest BCUT2D eigenvalue weighted by Crippen LogP contribution is -1.68. The van der Waals surface area contributed by atoms with Crippen molar-refractivity contribution in [2.24, 2.45) is 4.99 Å². The highest BCUT2D eigenvalue weighted by Gasteiger charge is 1.80. The minimum Gasteiger partial charge on any atom is -0.272 e. The lowest BCUT2D eigenvalue weighted by Gasteiger charge is -1.88. The van der Waals surface area contributed by atoms with Gasteiger partial charge in [-0.3, -0.25) is 4.99 Å². The van der Waals surface area contributed by atoms with E-state index in [9.17, 15) is 0 Å². The summed E-state index contributed by atoms with van der Waals surface area (Å²) in [4.78, 5) is 3.59. The van der Waals surface area contributed by atoms with Crippen molar-refractivity contribution in [1.29, 1.82) is 0 Å². The Kier molecular flexibility index (Phi) is 13.1. The average Bonchev–Trinajstić information content (AvgIpc) is 2.04. The molecule has 1 heteroatoms. The Morgan fingerprint density at radius 3 is 2.10 bits per heavy atom. The number of nitrogens with zero attached hydrogens (tertiary/aromatic N) is 1. The van der Waals surface area contributed by atoms with E-state index in [0.29, 0.717) is 0 Å². The standard InChI is InChI=1S/C7H11N.C2H6/c1-4-7(5-2)6-8-3;1-2/h4,6H,1,3,5H2,2H3;1-2H3/b7-6+;. The van der Waals surface area contributed by atoms with Crippen molar-refractivity contribution in [3.8, 4) is 0 Å². The van der Waals surface area contributed by atoms with E-state index in [1.807, 2.05) is 13.8 Å². The molecule has 0 N–H and O–H groups in total. The summed E-state index contributed by atoms with van der Waals surface area (Å²) in [5, 5.41) is 0. The molecule has 58 valence electrons. The van der Waals surface area contributed by atoms with Crippen molar-refractivity contribution in [2.75, 3.05) is 0 Å². The van der Waals surface area contributed by atoms with Gasteiger partial charge in [-0.05, 0) is 18.7 Å². The van der Waals surface area contributed by atoms with Crippen LogP contribution in [0.15, 0.2) is 29.4 Å². The Morgan fingerprint density at radius 2 is 2.00 bits per heavy atom. The molecule has 0 rings (SSSR count). The number of hydrogen-bond acceptors (Lipinski definition) is 1. The van der Waals surface area contributed by atoms with Crippen LogP contribution in [0, 0.1) is 0 Å². The van der Waals surface area contributed by atoms with Gasteiger partial charge >= 0.3 is 0 Å². The normalized spacial score (nSPS) is 9.30. The first-order chi connectivity index (χ1) is 4.85. The highest BCUT2D eigenvalue weighted by molar-refractivity contribution is 5.28. The van der Waals surface area contributed by atoms with E-state index in [2.05, 4.69) is 25.2 Å². The monoisotopic (exact) mass is 139 g/mol. The van der Waals surface area contributed by atoms with Crippen molar-refractivity contribution < 1.29 is 0 Å². The van der Waals surface area contributed by atoms with E-state index >= 15 is 0 Å². The maximum absolute atomic E-state index is 3.59. The van der Waals surface area contributed by atoms with Crippen LogP contribution in [0.3, 0.4) is 0 Å². The van der Waals surface area contributed by atoms with Crippen molar-refractivity contribution in [1.82, 2.24) is 0 Å². The second-order valence-corrected chi connectivity index (χ2v) is 1.44. The second kappa shape index (κ2) is 11.0. The lowest BCUT2D eigenvalue weighted by molar-refractivity contribution is 1.14. The summed E-state index contributed by atoms with van der Waals surface area (Å²) in [5.74, 6) is 0. The lowest BCUT2D eigenvalue weighted by atomic mass is 10.2. The zero-order valence-corrected chi connectivity index (χ0v) is 7.22. The minimum absolute atomic E-state index is 0.975. The molecule has 0 fully saturated rings. The largest absolute Gasteiger partial charge is 0.272 e. The van der Waals surface area contributed by atoms with Crippen LogP contribution in [0.1, 0.15) is 27.2 Å². The molecule has 0 saturated carbocycles. The summed E-state index contributed by atoms with van der Waals surface area (Å²) in [7, 11) is 0. The molecular weight excluding hydrogens is 122 g/mol. The van der Waals surface area contributed by atoms with E-state index in [4.69, 9.17) is 0 Å². The molecule has 0 heterocycles. The smallest absolute Gasteiger partial charge is 0.0292 e. The van der Waals surface area contributed by atoms with E-state index in [-0.39, 0.29) is 0 Å². The van der Waals surface area contributed by atoms with Gasteiger partial charge < -0.3 is 0 Å². The predicted octanol–water partition coefficient (Wildman–Crippen LogP) is 3.19. The van der Waals surface area contributed by atoms with Crippen molar-refractivity contribution >= 4 is 6.72 Å². The second-order valence-electron chi connectivity index (χ2n) is 1.44. The van der Waals surface area contributed by atoms with Gasteiger partial charge in [0.25, 0.3) is 0 Å². The highest BCUT2D eigenvalue weighted by atomic mass is 14.6. The third-order valence-electron chi connectivity index (χ3n) is 0.928. The molecular formula is C9H17N. The van der Waals surface area contributed by atoms with E-state index in [0.717, 1.165) is 12.0 Å². The fourth-order valence-electron chi connectivity index (χ4n) is 0.406. The molecule has 0 radical (unpaired) electrons. The number of aliphatic imine (C=N–C) groups is 1. The average molecular weight is 139 g/mol. The molecule has 0 aromatic rings. The van der Waals surface area contributed by atoms with Crippen molar-refractivity contribution in [2.45, 2.75) is 27.2 Å². The first-order valence-corrected chi connectivity index (χ1v) is 3.62. The zero-order chi connectivity index (χ0) is 8.41. The molecule has 0 aliphatic heterocycles. The van der Waals surface area contributed by atoms with E-state index in [1.165, 1.54) is 0 Å². The molecule has 0 unspecified atom stereocenters. The summed E-state index contributed by atoms with van der Waals surface area (Å²) in [5.41, 5.74) is 1.13. The molecule has 0 aromatic carbocycles. The van der Waals surface area contributed by atoms with E-state index in [1.54, 1.807) is 12.3 Å². The molecule has 10 heavy (non-hydrogen) atoms. The van der Waals surface area contributed by atoms with Gasteiger partial charge in [0.2, 0.25) is 0 Å². The number of hydrogen-bond donors (Lipinski definition) is 0. The minimum atomic E-state index is 0.975. The molecule has 0 aliphatic rings. The summed E-state index contributed by atoms with van der Waals surface area (Å²) >= 11 is 0. The number of rotatable bonds is 3. The Labute approximate surface area is 64.2 Å². The molecule has 0 amide bonds. The molecule has 0 spiro atoms. The van der Waals surface area contributed by atoms with Crippen LogP contribution in [0.5, 0.6) is 0 Å². The first-order valence-electron chi connectivity index (χ1n) is 3.62. The van der Waals surface area contributed by atoms with E-state index < -0.39 is 0 Å². The fraction of sp³-hybridized carbons (Fsp3) is 0.444. The van der Waals surface area contributed by atoms with Gasteiger partial charge in [-0.15, -0.1) is 0 Å². The fourth-order valence-corrected chi connectivity index (χ4v) is 0.406. The molecule has 1 nitrogen and oxygen atoms in total. The molecule has 0 atom stereocenters. The Bertz CT molecular complexity index is 112. The Hall–Kier alpha value is -0.850. The Morgan fingerprint density at radius 1 is 1.50 bits per heavy atom. The molecule has 0 bridgehead atoms. The topological polar surface area (TPSA) is 12.4 Å². The summed E-state index contributed by atoms with van der Waals surface area (Å²) in [6.45, 7) is 13.0. The summed E-state index contributed by atoms with van der Waals surface area (Å²) in [6, 6.07) is 0. The molecule has 0 aromatic heterocycles. The summed E-state index contributed by atoms with van der Waals surface area (Å²) < 4.78 is 0. The van der Waals surface area contributed by atoms with Gasteiger partial charge in [0.15, 0.2) is 0 Å². The van der Waals surface area contributed by atoms with Crippen LogP contribution < -0.4 is 0 Å². The summed E-state index contributed by atoms with van der Waals surface area (Å²) in [6.07, 6.45) is 4.48. The van der Waals surface area contributed by atoms with Gasteiger partial charge in [-0.25, -0.2) is 0 Å².